The van der Waals surface area contributed by atoms with Gasteiger partial charge in [0.25, 0.3) is 0 Å². The van der Waals surface area contributed by atoms with Crippen molar-refractivity contribution in [2.45, 2.75) is 34.6 Å². The maximum Gasteiger partial charge on any atom is 0.0505 e. The first-order chi connectivity index (χ1) is 6.20. The molecular formula is C12H19N. The Labute approximate surface area is 81.6 Å². The van der Waals surface area contributed by atoms with E-state index in [2.05, 4.69) is 24.6 Å². The molecule has 0 atom stereocenters. The van der Waals surface area contributed by atoms with Crippen molar-refractivity contribution in [2.75, 3.05) is 0 Å². The monoisotopic (exact) mass is 177 g/mol. The summed E-state index contributed by atoms with van der Waals surface area (Å²) >= 11 is 0. The minimum absolute atomic E-state index is 0.484. The van der Waals surface area contributed by atoms with E-state index in [1.807, 2.05) is 39.1 Å². The van der Waals surface area contributed by atoms with Crippen LogP contribution < -0.4 is 0 Å². The molecule has 1 nitrogen and oxygen atoms in total. The van der Waals surface area contributed by atoms with Gasteiger partial charge in [-0.05, 0) is 24.5 Å². The summed E-state index contributed by atoms with van der Waals surface area (Å²) in [6.45, 7) is 10.3. The second-order valence-electron chi connectivity index (χ2n) is 3.04. The predicted octanol–water partition coefficient (Wildman–Crippen LogP) is 3.74. The molecule has 0 radical (unpaired) electrons. The highest BCUT2D eigenvalue weighted by Crippen LogP contribution is 2.04. The van der Waals surface area contributed by atoms with Crippen molar-refractivity contribution in [2.24, 2.45) is 10.9 Å². The number of allylic oxidation sites excluding steroid dienone is 2. The molecule has 0 aromatic carbocycles. The van der Waals surface area contributed by atoms with E-state index in [1.165, 1.54) is 0 Å². The van der Waals surface area contributed by atoms with Gasteiger partial charge in [0.15, 0.2) is 0 Å². The predicted molar refractivity (Wildman–Crippen MR) is 60.0 cm³/mol. The Balaban J connectivity index is 0.000000671. The van der Waals surface area contributed by atoms with Gasteiger partial charge >= 0.3 is 0 Å². The molecule has 1 aliphatic rings. The summed E-state index contributed by atoms with van der Waals surface area (Å²) in [5.41, 5.74) is 5.32. The first kappa shape index (κ1) is 11.9. The summed E-state index contributed by atoms with van der Waals surface area (Å²) < 4.78 is 0. The number of hydrogen-bond donors (Lipinski definition) is 0. The summed E-state index contributed by atoms with van der Waals surface area (Å²) in [7, 11) is 0. The largest absolute Gasteiger partial charge is 0.260 e. The zero-order valence-electron chi connectivity index (χ0n) is 9.26. The van der Waals surface area contributed by atoms with Crippen LogP contribution in [0.5, 0.6) is 0 Å². The highest BCUT2D eigenvalue weighted by molar-refractivity contribution is 5.96. The van der Waals surface area contributed by atoms with Gasteiger partial charge in [-0.15, -0.1) is 5.73 Å². The molecule has 1 rings (SSSR count). The van der Waals surface area contributed by atoms with E-state index in [0.29, 0.717) is 5.92 Å². The molecule has 0 amide bonds. The van der Waals surface area contributed by atoms with Gasteiger partial charge in [-0.25, -0.2) is 0 Å². The normalized spacial score (nSPS) is 14.3. The lowest BCUT2D eigenvalue weighted by Gasteiger charge is -2.00. The van der Waals surface area contributed by atoms with Crippen molar-refractivity contribution in [1.82, 2.24) is 0 Å². The Morgan fingerprint density at radius 2 is 1.85 bits per heavy atom. The topological polar surface area (TPSA) is 12.4 Å². The molecule has 0 aromatic heterocycles. The summed E-state index contributed by atoms with van der Waals surface area (Å²) in [6, 6.07) is 0. The van der Waals surface area contributed by atoms with Crippen LogP contribution in [-0.4, -0.2) is 5.71 Å². The SMILES string of the molecule is CC.CC1=CN=C(C(C)C)C=C=C1. The van der Waals surface area contributed by atoms with Gasteiger partial charge in [0.2, 0.25) is 0 Å². The standard InChI is InChI=1S/C10H13N.C2H6/c1-8(2)10-6-4-5-9(3)7-11-10;1-2/h5-8H,1-3H3;1-2H3. The van der Waals surface area contributed by atoms with Crippen LogP contribution in [0.1, 0.15) is 34.6 Å². The summed E-state index contributed by atoms with van der Waals surface area (Å²) in [5, 5.41) is 0. The second-order valence-corrected chi connectivity index (χ2v) is 3.04. The lowest BCUT2D eigenvalue weighted by atomic mass is 10.1. The molecule has 0 fully saturated rings. The van der Waals surface area contributed by atoms with E-state index < -0.39 is 0 Å². The number of aliphatic imine (C=N–C) groups is 1. The summed E-state index contributed by atoms with van der Waals surface area (Å²) in [4.78, 5) is 4.31. The van der Waals surface area contributed by atoms with Gasteiger partial charge in [-0.1, -0.05) is 27.7 Å². The van der Waals surface area contributed by atoms with E-state index in [1.54, 1.807) is 0 Å². The number of nitrogens with zero attached hydrogens (tertiary/aromatic N) is 1. The van der Waals surface area contributed by atoms with Crippen molar-refractivity contribution in [1.29, 1.82) is 0 Å². The van der Waals surface area contributed by atoms with Crippen molar-refractivity contribution in [3.8, 4) is 0 Å². The molecule has 0 N–H and O–H groups in total. The van der Waals surface area contributed by atoms with Crippen LogP contribution in [0, 0.1) is 5.92 Å². The highest BCUT2D eigenvalue weighted by Gasteiger charge is 1.99. The first-order valence-electron chi connectivity index (χ1n) is 4.87. The lowest BCUT2D eigenvalue weighted by molar-refractivity contribution is 0.889. The third kappa shape index (κ3) is 4.49. The molecule has 1 aliphatic heterocycles. The minimum atomic E-state index is 0.484. The average Bonchev–Trinajstić information content (AvgIpc) is 2.33. The molecule has 1 heteroatoms. The van der Waals surface area contributed by atoms with Crippen LogP contribution >= 0.6 is 0 Å². The van der Waals surface area contributed by atoms with Gasteiger partial charge < -0.3 is 0 Å². The minimum Gasteiger partial charge on any atom is -0.260 e. The highest BCUT2D eigenvalue weighted by atomic mass is 14.7. The van der Waals surface area contributed by atoms with Gasteiger partial charge in [0.05, 0.1) is 5.71 Å². The number of hydrogen-bond acceptors (Lipinski definition) is 1. The fourth-order valence-corrected chi connectivity index (χ4v) is 0.825. The lowest BCUT2D eigenvalue weighted by Crippen LogP contribution is -2.01. The van der Waals surface area contributed by atoms with E-state index in [9.17, 15) is 0 Å². The zero-order valence-corrected chi connectivity index (χ0v) is 9.26. The fourth-order valence-electron chi connectivity index (χ4n) is 0.825. The molecule has 0 spiro atoms. The maximum absolute atomic E-state index is 4.31. The van der Waals surface area contributed by atoms with Crippen molar-refractivity contribution in [3.63, 3.8) is 0 Å². The summed E-state index contributed by atoms with van der Waals surface area (Å²) in [6.07, 6.45) is 5.77. The Kier molecular flexibility index (Phi) is 5.92. The average molecular weight is 177 g/mol. The van der Waals surface area contributed by atoms with Gasteiger partial charge in [0, 0.05) is 12.3 Å². The summed E-state index contributed by atoms with van der Waals surface area (Å²) in [5.74, 6) is 0.484. The molecule has 0 unspecified atom stereocenters. The van der Waals surface area contributed by atoms with Crippen LogP contribution in [0.4, 0.5) is 0 Å². The molecule has 0 aliphatic carbocycles. The fraction of sp³-hybridized carbons (Fsp3) is 0.500. The quantitative estimate of drug-likeness (QED) is 0.541. The Morgan fingerprint density at radius 1 is 1.23 bits per heavy atom. The molecule has 0 saturated heterocycles. The molecule has 0 bridgehead atoms. The van der Waals surface area contributed by atoms with E-state index in [0.717, 1.165) is 11.3 Å². The Morgan fingerprint density at radius 3 is 2.38 bits per heavy atom. The van der Waals surface area contributed by atoms with Gasteiger partial charge in [-0.3, -0.25) is 4.99 Å². The second kappa shape index (κ2) is 6.45. The molecule has 1 heterocycles. The smallest absolute Gasteiger partial charge is 0.0505 e. The third-order valence-corrected chi connectivity index (χ3v) is 1.55. The van der Waals surface area contributed by atoms with Crippen LogP contribution in [-0.2, 0) is 0 Å². The van der Waals surface area contributed by atoms with Crippen LogP contribution in [0.3, 0.4) is 0 Å². The molecule has 0 saturated carbocycles. The molecule has 0 aromatic rings. The van der Waals surface area contributed by atoms with E-state index in [-0.39, 0.29) is 0 Å². The van der Waals surface area contributed by atoms with E-state index in [4.69, 9.17) is 0 Å². The van der Waals surface area contributed by atoms with Crippen molar-refractivity contribution < 1.29 is 0 Å². The zero-order chi connectivity index (χ0) is 10.3. The van der Waals surface area contributed by atoms with Crippen LogP contribution in [0.25, 0.3) is 0 Å². The van der Waals surface area contributed by atoms with Crippen LogP contribution in [0.2, 0.25) is 0 Å². The maximum atomic E-state index is 4.31. The Hall–Kier alpha value is -1.07. The van der Waals surface area contributed by atoms with Gasteiger partial charge in [-0.2, -0.15) is 0 Å². The van der Waals surface area contributed by atoms with Crippen molar-refractivity contribution in [3.05, 3.63) is 29.7 Å². The number of rotatable bonds is 1. The van der Waals surface area contributed by atoms with Gasteiger partial charge in [0.1, 0.15) is 0 Å². The molecule has 72 valence electrons. The molecule has 13 heavy (non-hydrogen) atoms. The van der Waals surface area contributed by atoms with E-state index >= 15 is 0 Å². The third-order valence-electron chi connectivity index (χ3n) is 1.55. The van der Waals surface area contributed by atoms with Crippen molar-refractivity contribution >= 4 is 5.71 Å². The first-order valence-corrected chi connectivity index (χ1v) is 4.87. The van der Waals surface area contributed by atoms with Crippen LogP contribution in [0.15, 0.2) is 34.6 Å². The molecular weight excluding hydrogens is 158 g/mol. The Bertz CT molecular complexity index is 261.